The lowest BCUT2D eigenvalue weighted by atomic mass is 9.96. The van der Waals surface area contributed by atoms with Gasteiger partial charge in [-0.1, -0.05) is 121 Å². The average Bonchev–Trinajstić information content (AvgIpc) is 3.33. The Bertz CT molecular complexity index is 1400. The van der Waals surface area contributed by atoms with E-state index in [9.17, 15) is 61.0 Å². The van der Waals surface area contributed by atoms with Crippen molar-refractivity contribution in [2.24, 2.45) is 0 Å². The van der Waals surface area contributed by atoms with Crippen LogP contribution in [0.25, 0.3) is 0 Å². The van der Waals surface area contributed by atoms with Crippen LogP contribution < -0.4 is 5.32 Å². The first-order chi connectivity index (χ1) is 32.8. The molecular weight excluding hydrogens is 891 g/mol. The summed E-state index contributed by atoms with van der Waals surface area (Å²) in [5.41, 5.74) is 0. The third-order valence-corrected chi connectivity index (χ3v) is 12.7. The van der Waals surface area contributed by atoms with Gasteiger partial charge in [0, 0.05) is 6.42 Å². The summed E-state index contributed by atoms with van der Waals surface area (Å²) in [6, 6.07) is -0.988. The number of ether oxygens (including phenoxy) is 6. The van der Waals surface area contributed by atoms with Crippen LogP contribution in [0.4, 0.5) is 0 Å². The van der Waals surface area contributed by atoms with Crippen LogP contribution >= 0.6 is 0 Å². The molecule has 3 saturated heterocycles. The van der Waals surface area contributed by atoms with Crippen molar-refractivity contribution in [2.75, 3.05) is 26.4 Å². The summed E-state index contributed by atoms with van der Waals surface area (Å²) in [4.78, 5) is 12.9. The summed E-state index contributed by atoms with van der Waals surface area (Å²) in [6.45, 7) is 1.45. The van der Waals surface area contributed by atoms with Crippen molar-refractivity contribution >= 4 is 5.91 Å². The molecular formula is C49H87NO18. The van der Waals surface area contributed by atoms with Gasteiger partial charge in [-0.05, 0) is 44.9 Å². The SMILES string of the molecule is CCCCCCCCCCCC/C=C/CC/C=C/CC/C=C/C(O)C(COC1OC(CO)C(OC2OC(CO)C(OC3OC(CO)C(O)C(O)C3O)C(O)C2O)C(O)C1O)NC(=O)CCCCC. The molecule has 19 nitrogen and oxygen atoms in total. The predicted molar refractivity (Wildman–Crippen MR) is 249 cm³/mol. The third kappa shape index (κ3) is 20.3. The number of aliphatic hydroxyl groups excluding tert-OH is 11. The van der Waals surface area contributed by atoms with Gasteiger partial charge in [-0.15, -0.1) is 0 Å². The molecule has 3 rings (SSSR count). The largest absolute Gasteiger partial charge is 0.394 e. The number of amides is 1. The minimum Gasteiger partial charge on any atom is -0.394 e. The lowest BCUT2D eigenvalue weighted by molar-refractivity contribution is -0.379. The minimum absolute atomic E-state index is 0.217. The van der Waals surface area contributed by atoms with Crippen LogP contribution in [0.1, 0.15) is 136 Å². The van der Waals surface area contributed by atoms with Crippen molar-refractivity contribution in [2.45, 2.75) is 240 Å². The van der Waals surface area contributed by atoms with Gasteiger partial charge in [-0.3, -0.25) is 4.79 Å². The van der Waals surface area contributed by atoms with E-state index in [0.717, 1.165) is 38.5 Å². The van der Waals surface area contributed by atoms with E-state index in [1.807, 2.05) is 6.92 Å². The van der Waals surface area contributed by atoms with Gasteiger partial charge < -0.3 is 89.9 Å². The number of hydrogen-bond acceptors (Lipinski definition) is 18. The summed E-state index contributed by atoms with van der Waals surface area (Å²) in [7, 11) is 0. The molecule has 68 heavy (non-hydrogen) atoms. The molecule has 0 radical (unpaired) electrons. The van der Waals surface area contributed by atoms with Crippen molar-refractivity contribution in [1.29, 1.82) is 0 Å². The molecule has 3 fully saturated rings. The molecule has 0 bridgehead atoms. The van der Waals surface area contributed by atoms with Gasteiger partial charge in [0.15, 0.2) is 18.9 Å². The Morgan fingerprint density at radius 1 is 0.515 bits per heavy atom. The van der Waals surface area contributed by atoms with Gasteiger partial charge in [-0.25, -0.2) is 0 Å². The quantitative estimate of drug-likeness (QED) is 0.0321. The Morgan fingerprint density at radius 3 is 1.47 bits per heavy atom. The zero-order chi connectivity index (χ0) is 49.8. The smallest absolute Gasteiger partial charge is 0.220 e. The molecule has 3 aliphatic rings. The van der Waals surface area contributed by atoms with E-state index < -0.39 is 124 Å². The van der Waals surface area contributed by atoms with E-state index in [-0.39, 0.29) is 18.9 Å². The lowest BCUT2D eigenvalue weighted by Gasteiger charge is -2.48. The van der Waals surface area contributed by atoms with Crippen LogP contribution in [-0.2, 0) is 33.2 Å². The van der Waals surface area contributed by atoms with Crippen LogP contribution in [0, 0.1) is 0 Å². The molecule has 0 saturated carbocycles. The molecule has 0 aromatic heterocycles. The minimum atomic E-state index is -1.98. The van der Waals surface area contributed by atoms with E-state index in [4.69, 9.17) is 28.4 Å². The van der Waals surface area contributed by atoms with Crippen molar-refractivity contribution in [3.8, 4) is 0 Å². The summed E-state index contributed by atoms with van der Waals surface area (Å²) in [5.74, 6) is -0.318. The molecule has 0 spiro atoms. The van der Waals surface area contributed by atoms with Gasteiger partial charge in [0.25, 0.3) is 0 Å². The molecule has 17 atom stereocenters. The average molecular weight is 978 g/mol. The zero-order valence-electron chi connectivity index (χ0n) is 40.3. The molecule has 0 aromatic rings. The first-order valence-corrected chi connectivity index (χ1v) is 25.2. The Kier molecular flexibility index (Phi) is 30.5. The maximum absolute atomic E-state index is 12.9. The number of nitrogens with one attached hydrogen (secondary N) is 1. The van der Waals surface area contributed by atoms with Crippen LogP contribution in [0.5, 0.6) is 0 Å². The monoisotopic (exact) mass is 978 g/mol. The first kappa shape index (κ1) is 60.3. The molecule has 1 amide bonds. The van der Waals surface area contributed by atoms with Crippen LogP contribution in [-0.4, -0.2) is 193 Å². The Morgan fingerprint density at radius 2 is 0.941 bits per heavy atom. The number of aliphatic hydroxyl groups is 11. The van der Waals surface area contributed by atoms with Gasteiger partial charge in [0.05, 0.1) is 38.6 Å². The van der Waals surface area contributed by atoms with Gasteiger partial charge in [-0.2, -0.15) is 0 Å². The number of allylic oxidation sites excluding steroid dienone is 5. The second kappa shape index (κ2) is 34.4. The van der Waals surface area contributed by atoms with E-state index >= 15 is 0 Å². The van der Waals surface area contributed by atoms with E-state index in [1.165, 1.54) is 64.2 Å². The van der Waals surface area contributed by atoms with Crippen molar-refractivity contribution in [3.63, 3.8) is 0 Å². The second-order valence-corrected chi connectivity index (χ2v) is 18.3. The molecule has 17 unspecified atom stereocenters. The van der Waals surface area contributed by atoms with Crippen LogP contribution in [0.3, 0.4) is 0 Å². The molecule has 3 aliphatic heterocycles. The highest BCUT2D eigenvalue weighted by atomic mass is 16.8. The molecule has 0 aliphatic carbocycles. The molecule has 19 heteroatoms. The Hall–Kier alpha value is -1.99. The third-order valence-electron chi connectivity index (χ3n) is 12.7. The fraction of sp³-hybridized carbons (Fsp3) is 0.857. The number of rotatable bonds is 34. The Labute approximate surface area is 402 Å². The number of carbonyl (C=O) groups is 1. The molecule has 396 valence electrons. The standard InChI is InChI=1S/C49H87NO18/c1-3-5-7-8-9-10-11-12-13-14-15-16-17-18-19-20-21-22-23-25-26-33(54)32(50-37(55)27-24-6-4-2)31-63-47-43(61)40(58)45(35(29-52)65-47)68-49-44(62)41(59)46(36(30-53)66-49)67-48-42(60)39(57)38(56)34(28-51)64-48/h16-17,20-21,25-26,32-36,38-49,51-54,56-62H,3-15,18-19,22-24,27-31H2,1-2H3,(H,50,55)/b17-16+,21-20+,26-25+. The van der Waals surface area contributed by atoms with E-state index in [2.05, 4.69) is 36.5 Å². The zero-order valence-corrected chi connectivity index (χ0v) is 40.3. The number of carbonyl (C=O) groups excluding carboxylic acids is 1. The fourth-order valence-corrected chi connectivity index (χ4v) is 8.40. The highest BCUT2D eigenvalue weighted by Gasteiger charge is 2.53. The number of hydrogen-bond donors (Lipinski definition) is 12. The fourth-order valence-electron chi connectivity index (χ4n) is 8.40. The summed E-state index contributed by atoms with van der Waals surface area (Å²) in [5, 5.41) is 119. The maximum Gasteiger partial charge on any atom is 0.220 e. The van der Waals surface area contributed by atoms with Gasteiger partial charge in [0.2, 0.25) is 5.91 Å². The maximum atomic E-state index is 12.9. The van der Waals surface area contributed by atoms with Crippen molar-refractivity contribution < 1.29 is 89.4 Å². The molecule has 12 N–H and O–H groups in total. The van der Waals surface area contributed by atoms with Crippen molar-refractivity contribution in [3.05, 3.63) is 36.5 Å². The topological polar surface area (TPSA) is 307 Å². The predicted octanol–water partition coefficient (Wildman–Crippen LogP) is 1.42. The summed E-state index contributed by atoms with van der Waals surface area (Å²) in [6.07, 6.45) is 5.59. The highest BCUT2D eigenvalue weighted by molar-refractivity contribution is 5.76. The summed E-state index contributed by atoms with van der Waals surface area (Å²) < 4.78 is 33.9. The molecule has 3 heterocycles. The van der Waals surface area contributed by atoms with Gasteiger partial charge in [0.1, 0.15) is 73.2 Å². The van der Waals surface area contributed by atoms with E-state index in [0.29, 0.717) is 12.8 Å². The first-order valence-electron chi connectivity index (χ1n) is 25.2. The number of unbranched alkanes of at least 4 members (excludes halogenated alkanes) is 14. The van der Waals surface area contributed by atoms with Crippen molar-refractivity contribution in [1.82, 2.24) is 5.32 Å². The Balaban J connectivity index is 1.49. The highest BCUT2D eigenvalue weighted by Crippen LogP contribution is 2.33. The normalized spacial score (nSPS) is 33.5. The van der Waals surface area contributed by atoms with Crippen LogP contribution in [0.15, 0.2) is 36.5 Å². The van der Waals surface area contributed by atoms with Gasteiger partial charge >= 0.3 is 0 Å². The van der Waals surface area contributed by atoms with E-state index in [1.54, 1.807) is 12.2 Å². The van der Waals surface area contributed by atoms with Crippen LogP contribution in [0.2, 0.25) is 0 Å². The lowest BCUT2D eigenvalue weighted by Crippen LogP contribution is -2.66. The summed E-state index contributed by atoms with van der Waals surface area (Å²) >= 11 is 0. The molecule has 0 aromatic carbocycles. The second-order valence-electron chi connectivity index (χ2n) is 18.3.